The number of hydrogen-bond acceptors (Lipinski definition) is 2. The quantitative estimate of drug-likeness (QED) is 0.777. The van der Waals surface area contributed by atoms with Gasteiger partial charge in [-0.3, -0.25) is 4.79 Å². The van der Waals surface area contributed by atoms with Gasteiger partial charge in [0.05, 0.1) is 0 Å². The molecule has 0 N–H and O–H groups in total. The molecule has 2 atom stereocenters. The van der Waals surface area contributed by atoms with E-state index in [1.54, 1.807) is 11.8 Å². The predicted octanol–water partition coefficient (Wildman–Crippen LogP) is 4.66. The van der Waals surface area contributed by atoms with Gasteiger partial charge in [-0.2, -0.15) is 0 Å². The van der Waals surface area contributed by atoms with Gasteiger partial charge < -0.3 is 0 Å². The highest BCUT2D eigenvalue weighted by Gasteiger charge is 2.32. The molecule has 1 heterocycles. The summed E-state index contributed by atoms with van der Waals surface area (Å²) in [7, 11) is 0. The smallest absolute Gasteiger partial charge is 0.136 e. The number of hydrogen-bond donors (Lipinski definition) is 0. The first-order valence-electron chi connectivity index (χ1n) is 6.97. The maximum absolute atomic E-state index is 12.1. The summed E-state index contributed by atoms with van der Waals surface area (Å²) < 4.78 is 0. The highest BCUT2D eigenvalue weighted by molar-refractivity contribution is 8.06. The van der Waals surface area contributed by atoms with Gasteiger partial charge in [-0.15, -0.1) is 11.8 Å². The summed E-state index contributed by atoms with van der Waals surface area (Å²) in [4.78, 5) is 13.4. The van der Waals surface area contributed by atoms with E-state index < -0.39 is 0 Å². The molecule has 1 aromatic carbocycles. The zero-order valence-corrected chi connectivity index (χ0v) is 11.7. The average Bonchev–Trinajstić information content (AvgIpc) is 2.88. The topological polar surface area (TPSA) is 17.1 Å². The highest BCUT2D eigenvalue weighted by Crippen LogP contribution is 2.43. The standard InChI is InChI=1S/C17H18OS/c18-16-9-5-4-8-14(16)15-10-11-19-17(15)12-13-6-2-1-3-7-13/h1-3,6-7,10-12,14-15H,4-5,8-9H2. The number of benzene rings is 1. The van der Waals surface area contributed by atoms with Gasteiger partial charge in [-0.1, -0.05) is 42.8 Å². The zero-order chi connectivity index (χ0) is 13.1. The second-order valence-corrected chi connectivity index (χ2v) is 6.23. The number of Topliss-reactive ketones (excluding diaryl/α,β-unsaturated/α-hetero) is 1. The molecule has 0 amide bonds. The molecule has 1 saturated carbocycles. The van der Waals surface area contributed by atoms with Crippen LogP contribution in [-0.2, 0) is 4.79 Å². The molecular formula is C17H18OS. The van der Waals surface area contributed by atoms with Crippen molar-refractivity contribution in [2.45, 2.75) is 25.7 Å². The van der Waals surface area contributed by atoms with Crippen molar-refractivity contribution in [3.8, 4) is 0 Å². The van der Waals surface area contributed by atoms with Crippen LogP contribution in [0.5, 0.6) is 0 Å². The van der Waals surface area contributed by atoms with Crippen molar-refractivity contribution in [3.63, 3.8) is 0 Å². The average molecular weight is 270 g/mol. The Bertz CT molecular complexity index is 515. The Balaban J connectivity index is 1.83. The molecule has 1 aliphatic heterocycles. The molecule has 2 aliphatic rings. The van der Waals surface area contributed by atoms with Crippen molar-refractivity contribution >= 4 is 23.6 Å². The Morgan fingerprint density at radius 1 is 1.16 bits per heavy atom. The van der Waals surface area contributed by atoms with Crippen LogP contribution in [0.25, 0.3) is 6.08 Å². The van der Waals surface area contributed by atoms with E-state index in [1.165, 1.54) is 16.9 Å². The summed E-state index contributed by atoms with van der Waals surface area (Å²) in [6, 6.07) is 10.4. The zero-order valence-electron chi connectivity index (χ0n) is 10.9. The summed E-state index contributed by atoms with van der Waals surface area (Å²) in [6.07, 6.45) is 8.56. The summed E-state index contributed by atoms with van der Waals surface area (Å²) in [5.41, 5.74) is 1.22. The molecule has 2 heteroatoms. The molecule has 1 aliphatic carbocycles. The van der Waals surface area contributed by atoms with Crippen LogP contribution in [0.2, 0.25) is 0 Å². The van der Waals surface area contributed by atoms with E-state index in [9.17, 15) is 4.79 Å². The minimum atomic E-state index is 0.218. The van der Waals surface area contributed by atoms with Crippen molar-refractivity contribution in [1.82, 2.24) is 0 Å². The predicted molar refractivity (Wildman–Crippen MR) is 81.6 cm³/mol. The molecule has 19 heavy (non-hydrogen) atoms. The van der Waals surface area contributed by atoms with Crippen LogP contribution in [0.1, 0.15) is 31.2 Å². The Labute approximate surface area is 118 Å². The van der Waals surface area contributed by atoms with E-state index in [-0.39, 0.29) is 5.92 Å². The number of allylic oxidation sites excluding steroid dienone is 2. The Hall–Kier alpha value is -1.28. The number of rotatable bonds is 2. The minimum absolute atomic E-state index is 0.218. The van der Waals surface area contributed by atoms with Crippen LogP contribution < -0.4 is 0 Å². The second kappa shape index (κ2) is 5.79. The highest BCUT2D eigenvalue weighted by atomic mass is 32.2. The molecule has 2 unspecified atom stereocenters. The number of ketones is 1. The Morgan fingerprint density at radius 3 is 2.79 bits per heavy atom. The fraction of sp³-hybridized carbons (Fsp3) is 0.353. The third-order valence-electron chi connectivity index (χ3n) is 3.96. The van der Waals surface area contributed by atoms with Crippen LogP contribution in [0, 0.1) is 11.8 Å². The first-order valence-corrected chi connectivity index (χ1v) is 7.85. The lowest BCUT2D eigenvalue weighted by Gasteiger charge is -2.26. The van der Waals surface area contributed by atoms with Gasteiger partial charge in [-0.05, 0) is 34.8 Å². The molecular weight excluding hydrogens is 252 g/mol. The van der Waals surface area contributed by atoms with Gasteiger partial charge in [0.15, 0.2) is 0 Å². The maximum Gasteiger partial charge on any atom is 0.136 e. The molecule has 1 aromatic rings. The number of carbonyl (C=O) groups is 1. The third-order valence-corrected chi connectivity index (χ3v) is 4.92. The van der Waals surface area contributed by atoms with Gasteiger partial charge in [0.25, 0.3) is 0 Å². The Kier molecular flexibility index (Phi) is 3.88. The minimum Gasteiger partial charge on any atom is -0.299 e. The van der Waals surface area contributed by atoms with E-state index in [1.807, 2.05) is 6.07 Å². The van der Waals surface area contributed by atoms with Crippen molar-refractivity contribution in [2.24, 2.45) is 11.8 Å². The second-order valence-electron chi connectivity index (χ2n) is 5.25. The van der Waals surface area contributed by atoms with E-state index in [0.717, 1.165) is 19.3 Å². The summed E-state index contributed by atoms with van der Waals surface area (Å²) >= 11 is 1.77. The van der Waals surface area contributed by atoms with Gasteiger partial charge in [-0.25, -0.2) is 0 Å². The maximum atomic E-state index is 12.1. The van der Waals surface area contributed by atoms with E-state index in [4.69, 9.17) is 0 Å². The SMILES string of the molecule is O=C1CCCCC1C1C=CSC1=Cc1ccccc1. The summed E-state index contributed by atoms with van der Waals surface area (Å²) in [6.45, 7) is 0. The fourth-order valence-corrected chi connectivity index (χ4v) is 3.95. The van der Waals surface area contributed by atoms with Crippen LogP contribution in [-0.4, -0.2) is 5.78 Å². The first kappa shape index (κ1) is 12.7. The number of carbonyl (C=O) groups excluding carboxylic acids is 1. The van der Waals surface area contributed by atoms with Crippen LogP contribution in [0.3, 0.4) is 0 Å². The summed E-state index contributed by atoms with van der Waals surface area (Å²) in [5.74, 6) is 0.996. The molecule has 0 saturated heterocycles. The van der Waals surface area contributed by atoms with Crippen molar-refractivity contribution in [3.05, 3.63) is 52.3 Å². The van der Waals surface area contributed by atoms with Gasteiger partial charge in [0.1, 0.15) is 5.78 Å². The van der Waals surface area contributed by atoms with Crippen molar-refractivity contribution in [1.29, 1.82) is 0 Å². The molecule has 0 aromatic heterocycles. The molecule has 1 fully saturated rings. The van der Waals surface area contributed by atoms with E-state index >= 15 is 0 Å². The summed E-state index contributed by atoms with van der Waals surface area (Å²) in [5, 5.41) is 2.14. The van der Waals surface area contributed by atoms with Crippen molar-refractivity contribution < 1.29 is 4.79 Å². The first-order chi connectivity index (χ1) is 9.34. The van der Waals surface area contributed by atoms with Gasteiger partial charge in [0, 0.05) is 18.3 Å². The van der Waals surface area contributed by atoms with Gasteiger partial charge in [0.2, 0.25) is 0 Å². The lowest BCUT2D eigenvalue weighted by Crippen LogP contribution is -2.25. The normalized spacial score (nSPS) is 29.1. The van der Waals surface area contributed by atoms with E-state index in [2.05, 4.69) is 41.8 Å². The fourth-order valence-electron chi connectivity index (χ4n) is 2.94. The molecule has 0 spiro atoms. The number of thioether (sulfide) groups is 1. The molecule has 98 valence electrons. The largest absolute Gasteiger partial charge is 0.299 e. The molecule has 1 nitrogen and oxygen atoms in total. The Morgan fingerprint density at radius 2 is 2.00 bits per heavy atom. The van der Waals surface area contributed by atoms with Crippen molar-refractivity contribution in [2.75, 3.05) is 0 Å². The monoisotopic (exact) mass is 270 g/mol. The van der Waals surface area contributed by atoms with Gasteiger partial charge >= 0.3 is 0 Å². The van der Waals surface area contributed by atoms with Crippen LogP contribution >= 0.6 is 11.8 Å². The lowest BCUT2D eigenvalue weighted by molar-refractivity contribution is -0.125. The lowest BCUT2D eigenvalue weighted by atomic mass is 9.78. The molecule has 3 rings (SSSR count). The third kappa shape index (κ3) is 2.84. The molecule has 0 radical (unpaired) electrons. The van der Waals surface area contributed by atoms with Crippen LogP contribution in [0.4, 0.5) is 0 Å². The molecule has 0 bridgehead atoms. The van der Waals surface area contributed by atoms with Crippen LogP contribution in [0.15, 0.2) is 46.7 Å². The van der Waals surface area contributed by atoms with E-state index in [0.29, 0.717) is 11.7 Å².